The Morgan fingerprint density at radius 2 is 1.77 bits per heavy atom. The molecule has 0 aromatic heterocycles. The first-order valence-electron chi connectivity index (χ1n) is 12.0. The lowest BCUT2D eigenvalue weighted by Crippen LogP contribution is -2.46. The van der Waals surface area contributed by atoms with Gasteiger partial charge in [0.2, 0.25) is 11.8 Å². The number of carbonyl (C=O) groups is 2. The lowest BCUT2D eigenvalue weighted by atomic mass is 9.90. The van der Waals surface area contributed by atoms with E-state index in [2.05, 4.69) is 17.4 Å². The summed E-state index contributed by atoms with van der Waals surface area (Å²) in [6.07, 6.45) is 1.71. The number of nitrogens with zero attached hydrogens (tertiary/aromatic N) is 1. The third-order valence-corrected chi connectivity index (χ3v) is 6.81. The Labute approximate surface area is 206 Å². The van der Waals surface area contributed by atoms with Gasteiger partial charge < -0.3 is 21.1 Å². The quantitative estimate of drug-likeness (QED) is 0.505. The summed E-state index contributed by atoms with van der Waals surface area (Å²) in [5, 5.41) is 13.0. The average Bonchev–Trinajstić information content (AvgIpc) is 2.82. The Morgan fingerprint density at radius 3 is 2.43 bits per heavy atom. The van der Waals surface area contributed by atoms with Crippen LogP contribution in [0.4, 0.5) is 5.69 Å². The van der Waals surface area contributed by atoms with Crippen molar-refractivity contribution in [1.29, 1.82) is 0 Å². The Bertz CT molecular complexity index is 1220. The number of para-hydroxylation sites is 1. The van der Waals surface area contributed by atoms with Gasteiger partial charge in [0, 0.05) is 13.5 Å². The number of phenolic OH excluding ortho intramolecular Hbond substituents is 1. The van der Waals surface area contributed by atoms with E-state index in [1.165, 1.54) is 0 Å². The largest absolute Gasteiger partial charge is 0.508 e. The number of hydrogen-bond acceptors (Lipinski definition) is 4. The summed E-state index contributed by atoms with van der Waals surface area (Å²) in [6.45, 7) is 5.94. The number of fused-ring (bicyclic) bond motifs is 1. The molecule has 0 saturated carbocycles. The van der Waals surface area contributed by atoms with Gasteiger partial charge in [-0.05, 0) is 78.6 Å². The van der Waals surface area contributed by atoms with Crippen LogP contribution in [0.3, 0.4) is 0 Å². The minimum Gasteiger partial charge on any atom is -0.508 e. The highest BCUT2D eigenvalue weighted by atomic mass is 16.3. The van der Waals surface area contributed by atoms with Gasteiger partial charge >= 0.3 is 0 Å². The van der Waals surface area contributed by atoms with E-state index in [0.29, 0.717) is 25.8 Å². The number of carbonyl (C=O) groups excluding carboxylic acids is 2. The summed E-state index contributed by atoms with van der Waals surface area (Å²) in [5.41, 5.74) is 13.2. The number of benzene rings is 3. The van der Waals surface area contributed by atoms with Gasteiger partial charge in [-0.15, -0.1) is 0 Å². The molecule has 0 spiro atoms. The zero-order valence-corrected chi connectivity index (χ0v) is 20.5. The summed E-state index contributed by atoms with van der Waals surface area (Å²) in [7, 11) is 0. The van der Waals surface area contributed by atoms with Crippen LogP contribution in [0.2, 0.25) is 0 Å². The molecule has 0 aliphatic carbocycles. The molecule has 0 fully saturated rings. The first-order valence-corrected chi connectivity index (χ1v) is 12.0. The van der Waals surface area contributed by atoms with Gasteiger partial charge in [0.1, 0.15) is 5.75 Å². The molecule has 2 atom stereocenters. The van der Waals surface area contributed by atoms with E-state index in [-0.39, 0.29) is 23.6 Å². The van der Waals surface area contributed by atoms with Gasteiger partial charge in [0.15, 0.2) is 0 Å². The second kappa shape index (κ2) is 10.3. The normalized spacial score (nSPS) is 15.9. The molecule has 1 aliphatic rings. The second-order valence-electron chi connectivity index (χ2n) is 9.41. The van der Waals surface area contributed by atoms with E-state index >= 15 is 0 Å². The van der Waals surface area contributed by atoms with Crippen LogP contribution in [0.5, 0.6) is 5.75 Å². The van der Waals surface area contributed by atoms with Crippen LogP contribution < -0.4 is 16.0 Å². The minimum absolute atomic E-state index is 0.00785. The summed E-state index contributed by atoms with van der Waals surface area (Å²) >= 11 is 0. The maximum absolute atomic E-state index is 13.1. The third-order valence-electron chi connectivity index (χ3n) is 6.81. The lowest BCUT2D eigenvalue weighted by Gasteiger charge is -2.36. The third kappa shape index (κ3) is 5.38. The maximum atomic E-state index is 13.1. The van der Waals surface area contributed by atoms with Gasteiger partial charge in [0.05, 0.1) is 17.8 Å². The molecule has 4 N–H and O–H groups in total. The highest BCUT2D eigenvalue weighted by Crippen LogP contribution is 2.38. The summed E-state index contributed by atoms with van der Waals surface area (Å²) in [6, 6.07) is 18.6. The topological polar surface area (TPSA) is 95.7 Å². The number of rotatable bonds is 6. The van der Waals surface area contributed by atoms with Gasteiger partial charge in [-0.25, -0.2) is 0 Å². The van der Waals surface area contributed by atoms with Crippen molar-refractivity contribution in [3.05, 3.63) is 94.0 Å². The van der Waals surface area contributed by atoms with Crippen molar-refractivity contribution in [3.63, 3.8) is 0 Å². The molecule has 6 heteroatoms. The van der Waals surface area contributed by atoms with Crippen molar-refractivity contribution in [2.24, 2.45) is 5.73 Å². The zero-order valence-electron chi connectivity index (χ0n) is 20.5. The van der Waals surface area contributed by atoms with Crippen molar-refractivity contribution in [2.45, 2.75) is 52.1 Å². The number of nitrogens with two attached hydrogens (primary N) is 1. The summed E-state index contributed by atoms with van der Waals surface area (Å²) in [4.78, 5) is 27.5. The number of aryl methyl sites for hydroxylation is 2. The zero-order chi connectivity index (χ0) is 25.1. The molecular weight excluding hydrogens is 438 g/mol. The fraction of sp³-hybridized carbons (Fsp3) is 0.310. The summed E-state index contributed by atoms with van der Waals surface area (Å²) in [5.74, 6) is -0.0222. The lowest BCUT2D eigenvalue weighted by molar-refractivity contribution is -0.123. The van der Waals surface area contributed by atoms with Crippen LogP contribution in [0, 0.1) is 13.8 Å². The van der Waals surface area contributed by atoms with Crippen LogP contribution in [0.15, 0.2) is 60.7 Å². The predicted molar refractivity (Wildman–Crippen MR) is 138 cm³/mol. The van der Waals surface area contributed by atoms with Gasteiger partial charge in [-0.2, -0.15) is 0 Å². The highest BCUT2D eigenvalue weighted by molar-refractivity contribution is 5.94. The number of phenols is 1. The monoisotopic (exact) mass is 471 g/mol. The molecular formula is C29H33N3O3. The van der Waals surface area contributed by atoms with E-state index in [1.54, 1.807) is 19.1 Å². The number of hydrogen-bond donors (Lipinski definition) is 3. The molecule has 0 radical (unpaired) electrons. The Balaban J connectivity index is 1.58. The van der Waals surface area contributed by atoms with Gasteiger partial charge in [-0.1, -0.05) is 48.5 Å². The number of amides is 2. The van der Waals surface area contributed by atoms with Gasteiger partial charge in [-0.3, -0.25) is 9.59 Å². The SMILES string of the molecule is CC(=O)N1CCC(NC(=O)C(N)Cc2c(C)cc(O)cc2C)c2cccc(Cc3ccccc3)c21. The maximum Gasteiger partial charge on any atom is 0.237 e. The Morgan fingerprint density at radius 1 is 1.09 bits per heavy atom. The van der Waals surface area contributed by atoms with E-state index in [9.17, 15) is 14.7 Å². The molecule has 4 rings (SSSR count). The molecule has 1 aliphatic heterocycles. The van der Waals surface area contributed by atoms with Crippen molar-refractivity contribution in [3.8, 4) is 5.75 Å². The second-order valence-corrected chi connectivity index (χ2v) is 9.41. The predicted octanol–water partition coefficient (Wildman–Crippen LogP) is 4.08. The fourth-order valence-corrected chi connectivity index (χ4v) is 5.05. The first-order chi connectivity index (χ1) is 16.7. The molecule has 0 bridgehead atoms. The molecule has 0 saturated heterocycles. The average molecular weight is 472 g/mol. The molecule has 2 amide bonds. The molecule has 182 valence electrons. The van der Waals surface area contributed by atoms with Crippen LogP contribution in [-0.4, -0.2) is 29.5 Å². The molecule has 6 nitrogen and oxygen atoms in total. The van der Waals surface area contributed by atoms with Crippen LogP contribution in [-0.2, 0) is 22.4 Å². The summed E-state index contributed by atoms with van der Waals surface area (Å²) < 4.78 is 0. The van der Waals surface area contributed by atoms with Crippen LogP contribution in [0.25, 0.3) is 0 Å². The van der Waals surface area contributed by atoms with Gasteiger partial charge in [0.25, 0.3) is 0 Å². The van der Waals surface area contributed by atoms with Crippen molar-refractivity contribution < 1.29 is 14.7 Å². The van der Waals surface area contributed by atoms with Crippen molar-refractivity contribution in [2.75, 3.05) is 11.4 Å². The smallest absolute Gasteiger partial charge is 0.237 e. The van der Waals surface area contributed by atoms with Crippen LogP contribution >= 0.6 is 0 Å². The van der Waals surface area contributed by atoms with E-state index < -0.39 is 6.04 Å². The molecule has 1 heterocycles. The highest BCUT2D eigenvalue weighted by Gasteiger charge is 2.31. The van der Waals surface area contributed by atoms with E-state index in [0.717, 1.165) is 39.1 Å². The number of nitrogens with one attached hydrogen (secondary N) is 1. The van der Waals surface area contributed by atoms with Crippen molar-refractivity contribution in [1.82, 2.24) is 5.32 Å². The Hall–Kier alpha value is -3.64. The Kier molecular flexibility index (Phi) is 7.22. The van der Waals surface area contributed by atoms with E-state index in [1.807, 2.05) is 55.1 Å². The molecule has 2 unspecified atom stereocenters. The standard InChI is InChI=1S/C29H33N3O3/c1-18-14-23(34)15-19(2)25(18)17-26(30)29(35)31-27-12-13-32(20(3)33)28-22(10-7-11-24(27)28)16-21-8-5-4-6-9-21/h4-11,14-15,26-27,34H,12-13,16-17,30H2,1-3H3,(H,31,35). The van der Waals surface area contributed by atoms with Crippen LogP contribution in [0.1, 0.15) is 52.8 Å². The fourth-order valence-electron chi connectivity index (χ4n) is 5.05. The van der Waals surface area contributed by atoms with E-state index in [4.69, 9.17) is 5.73 Å². The molecule has 3 aromatic rings. The number of anilines is 1. The van der Waals surface area contributed by atoms with Crippen molar-refractivity contribution >= 4 is 17.5 Å². The molecule has 35 heavy (non-hydrogen) atoms. The first kappa shape index (κ1) is 24.5. The number of aromatic hydroxyl groups is 1. The molecule has 3 aromatic carbocycles. The minimum atomic E-state index is -0.723.